The first-order valence-electron chi connectivity index (χ1n) is 13.3. The van der Waals surface area contributed by atoms with E-state index in [9.17, 15) is 22.8 Å². The van der Waals surface area contributed by atoms with Crippen LogP contribution in [0.5, 0.6) is 0 Å². The number of nitrogens with one attached hydrogen (secondary N) is 2. The number of likely N-dealkylation sites (tertiary alicyclic amines) is 1. The van der Waals surface area contributed by atoms with Crippen LogP contribution in [0.4, 0.5) is 23.7 Å². The third kappa shape index (κ3) is 6.11. The normalized spacial score (nSPS) is 14.3. The van der Waals surface area contributed by atoms with Crippen molar-refractivity contribution in [3.63, 3.8) is 0 Å². The number of urea groups is 1. The van der Waals surface area contributed by atoms with Crippen LogP contribution in [-0.4, -0.2) is 50.7 Å². The van der Waals surface area contributed by atoms with Crippen molar-refractivity contribution >= 4 is 28.7 Å². The molecule has 3 heterocycles. The van der Waals surface area contributed by atoms with Gasteiger partial charge in [-0.3, -0.25) is 4.79 Å². The van der Waals surface area contributed by atoms with Crippen LogP contribution in [0, 0.1) is 0 Å². The molecule has 0 unspecified atom stereocenters. The predicted octanol–water partition coefficient (Wildman–Crippen LogP) is 5.02. The number of nitrogens with two attached hydrogens (primary N) is 1. The fourth-order valence-corrected chi connectivity index (χ4v) is 4.98. The summed E-state index contributed by atoms with van der Waals surface area (Å²) in [4.78, 5) is 31.0. The van der Waals surface area contributed by atoms with E-state index in [0.29, 0.717) is 54.9 Å². The molecular weight excluding hydrogens is 535 g/mol. The van der Waals surface area contributed by atoms with Crippen LogP contribution >= 0.6 is 0 Å². The Hall–Kier alpha value is -4.61. The van der Waals surface area contributed by atoms with Crippen LogP contribution in [0.2, 0.25) is 0 Å². The summed E-state index contributed by atoms with van der Waals surface area (Å²) in [5.74, 6) is -0.312. The first kappa shape index (κ1) is 27.9. The predicted molar refractivity (Wildman–Crippen MR) is 149 cm³/mol. The number of pyridine rings is 1. The van der Waals surface area contributed by atoms with Crippen molar-refractivity contribution < 1.29 is 22.8 Å². The molecule has 9 nitrogen and oxygen atoms in total. The Balaban J connectivity index is 1.30. The maximum atomic E-state index is 13.4. The van der Waals surface area contributed by atoms with E-state index in [2.05, 4.69) is 20.7 Å². The van der Waals surface area contributed by atoms with Gasteiger partial charge in [-0.1, -0.05) is 36.4 Å². The van der Waals surface area contributed by atoms with Crippen molar-refractivity contribution in [2.24, 2.45) is 5.73 Å². The number of amides is 3. The number of rotatable bonds is 7. The molecule has 0 atom stereocenters. The Kier molecular flexibility index (Phi) is 7.82. The number of aromatic nitrogens is 3. The Morgan fingerprint density at radius 2 is 1.63 bits per heavy atom. The highest BCUT2D eigenvalue weighted by Gasteiger charge is 2.30. The second kappa shape index (κ2) is 11.5. The van der Waals surface area contributed by atoms with E-state index in [1.54, 1.807) is 22.0 Å². The number of hydrogen-bond donors (Lipinski definition) is 3. The zero-order valence-electron chi connectivity index (χ0n) is 22.4. The minimum absolute atomic E-state index is 0.0328. The summed E-state index contributed by atoms with van der Waals surface area (Å²) in [7, 11) is 0. The minimum atomic E-state index is -4.38. The van der Waals surface area contributed by atoms with E-state index in [1.165, 1.54) is 12.1 Å². The smallest absolute Gasteiger partial charge is 0.381 e. The molecule has 1 aliphatic heterocycles. The Labute approximate surface area is 234 Å². The van der Waals surface area contributed by atoms with Gasteiger partial charge in [0.2, 0.25) is 0 Å². The largest absolute Gasteiger partial charge is 0.416 e. The average Bonchev–Trinajstić information content (AvgIpc) is 3.40. The molecule has 0 spiro atoms. The van der Waals surface area contributed by atoms with E-state index >= 15 is 0 Å². The molecule has 1 fully saturated rings. The van der Waals surface area contributed by atoms with Crippen molar-refractivity contribution in [3.8, 4) is 11.1 Å². The Morgan fingerprint density at radius 1 is 1.00 bits per heavy atom. The number of carbonyl (C=O) groups is 2. The number of hydrogen-bond acceptors (Lipinski definition) is 5. The lowest BCUT2D eigenvalue weighted by atomic mass is 10.0. The van der Waals surface area contributed by atoms with Crippen molar-refractivity contribution in [2.45, 2.75) is 45.1 Å². The summed E-state index contributed by atoms with van der Waals surface area (Å²) in [6.45, 7) is 3.89. The number of alkyl halides is 3. The summed E-state index contributed by atoms with van der Waals surface area (Å²) in [5, 5.41) is 11.6. The third-order valence-corrected chi connectivity index (χ3v) is 7.32. The number of fused-ring (bicyclic) bond motifs is 1. The first-order chi connectivity index (χ1) is 19.6. The van der Waals surface area contributed by atoms with Gasteiger partial charge in [-0.25, -0.2) is 14.5 Å². The van der Waals surface area contributed by atoms with Gasteiger partial charge >= 0.3 is 12.2 Å². The molecule has 1 saturated heterocycles. The number of primary amides is 1. The summed E-state index contributed by atoms with van der Waals surface area (Å²) in [6.07, 6.45) is 0.223. The van der Waals surface area contributed by atoms with Gasteiger partial charge in [-0.15, -0.1) is 0 Å². The zero-order chi connectivity index (χ0) is 29.1. The molecule has 12 heteroatoms. The summed E-state index contributed by atoms with van der Waals surface area (Å²) < 4.78 is 40.3. The molecule has 214 valence electrons. The highest BCUT2D eigenvalue weighted by atomic mass is 19.4. The molecule has 3 amide bonds. The summed E-state index contributed by atoms with van der Waals surface area (Å²) >= 11 is 0. The van der Waals surface area contributed by atoms with Crippen LogP contribution in [0.3, 0.4) is 0 Å². The fourth-order valence-electron chi connectivity index (χ4n) is 4.98. The number of anilines is 1. The average molecular weight is 566 g/mol. The Bertz CT molecular complexity index is 1540. The minimum Gasteiger partial charge on any atom is -0.381 e. The third-order valence-electron chi connectivity index (χ3n) is 7.32. The van der Waals surface area contributed by atoms with Crippen molar-refractivity contribution in [2.75, 3.05) is 18.4 Å². The highest BCUT2D eigenvalue weighted by molar-refractivity contribution is 6.06. The van der Waals surface area contributed by atoms with Gasteiger partial charge in [0.05, 0.1) is 28.4 Å². The Morgan fingerprint density at radius 3 is 2.22 bits per heavy atom. The van der Waals surface area contributed by atoms with E-state index in [4.69, 9.17) is 5.73 Å². The molecule has 4 N–H and O–H groups in total. The van der Waals surface area contributed by atoms with Gasteiger partial charge in [0.15, 0.2) is 5.65 Å². The molecular formula is C29H30F3N7O2. The van der Waals surface area contributed by atoms with Gasteiger partial charge < -0.3 is 21.3 Å². The van der Waals surface area contributed by atoms with Gasteiger partial charge in [0.25, 0.3) is 5.91 Å². The quantitative estimate of drug-likeness (QED) is 0.291. The molecule has 4 aromatic rings. The lowest BCUT2D eigenvalue weighted by Gasteiger charge is -2.32. The van der Waals surface area contributed by atoms with Crippen LogP contribution in [0.15, 0.2) is 60.9 Å². The van der Waals surface area contributed by atoms with Crippen LogP contribution in [0.1, 0.15) is 41.3 Å². The van der Waals surface area contributed by atoms with Gasteiger partial charge in [-0.05, 0) is 48.6 Å². The lowest BCUT2D eigenvalue weighted by molar-refractivity contribution is -0.137. The molecule has 0 saturated carbocycles. The van der Waals surface area contributed by atoms with Crippen molar-refractivity contribution in [3.05, 3.63) is 77.6 Å². The molecule has 2 aromatic heterocycles. The second-order valence-electron chi connectivity index (χ2n) is 9.94. The molecule has 5 rings (SSSR count). The maximum Gasteiger partial charge on any atom is 0.416 e. The molecule has 41 heavy (non-hydrogen) atoms. The van der Waals surface area contributed by atoms with Crippen molar-refractivity contribution in [1.82, 2.24) is 25.0 Å². The number of benzene rings is 2. The van der Waals surface area contributed by atoms with E-state index in [1.807, 2.05) is 31.2 Å². The second-order valence-corrected chi connectivity index (χ2v) is 9.94. The first-order valence-corrected chi connectivity index (χ1v) is 13.3. The number of piperidine rings is 1. The fraction of sp³-hybridized carbons (Fsp3) is 0.310. The van der Waals surface area contributed by atoms with E-state index < -0.39 is 17.8 Å². The molecule has 0 aliphatic carbocycles. The molecule has 0 bridgehead atoms. The zero-order valence-corrected chi connectivity index (χ0v) is 22.4. The topological polar surface area (TPSA) is 118 Å². The standard InChI is InChI=1S/C29H30F3N7O2/c1-2-39-26-23(17-36-39)25(37-22-11-13-38(14-12-22)28(33)41)24(16-34-26)27(40)35-15-18-3-5-19(6-4-18)20-7-9-21(10-8-20)29(30,31)32/h3-10,16-17,22H,2,11-15H2,1H3,(H2,33,41)(H,34,37)(H,35,40). The highest BCUT2D eigenvalue weighted by Crippen LogP contribution is 2.31. The van der Waals surface area contributed by atoms with E-state index in [-0.39, 0.29) is 18.5 Å². The van der Waals surface area contributed by atoms with Crippen LogP contribution < -0.4 is 16.4 Å². The van der Waals surface area contributed by atoms with Crippen LogP contribution in [-0.2, 0) is 19.3 Å². The van der Waals surface area contributed by atoms with Gasteiger partial charge in [0, 0.05) is 38.4 Å². The van der Waals surface area contributed by atoms with Crippen LogP contribution in [0.25, 0.3) is 22.2 Å². The number of aryl methyl sites for hydroxylation is 1. The number of carbonyl (C=O) groups excluding carboxylic acids is 2. The summed E-state index contributed by atoms with van der Waals surface area (Å²) in [6, 6.07) is 11.9. The van der Waals surface area contributed by atoms with Crippen molar-refractivity contribution in [1.29, 1.82) is 0 Å². The SMILES string of the molecule is CCn1ncc2c(NC3CCN(C(N)=O)CC3)c(C(=O)NCc3ccc(-c4ccc(C(F)(F)F)cc4)cc3)cnc21. The number of halogens is 3. The molecule has 1 aliphatic rings. The molecule has 0 radical (unpaired) electrons. The van der Waals surface area contributed by atoms with Gasteiger partial charge in [-0.2, -0.15) is 18.3 Å². The lowest BCUT2D eigenvalue weighted by Crippen LogP contribution is -2.44. The van der Waals surface area contributed by atoms with E-state index in [0.717, 1.165) is 28.6 Å². The molecule has 2 aromatic carbocycles. The summed E-state index contributed by atoms with van der Waals surface area (Å²) in [5.41, 5.74) is 8.67. The number of nitrogens with zero attached hydrogens (tertiary/aromatic N) is 4. The van der Waals surface area contributed by atoms with Gasteiger partial charge in [0.1, 0.15) is 0 Å². The monoisotopic (exact) mass is 565 g/mol. The maximum absolute atomic E-state index is 13.4.